The highest BCUT2D eigenvalue weighted by Crippen LogP contribution is 2.41. The Balaban J connectivity index is 2.15. The highest BCUT2D eigenvalue weighted by Gasteiger charge is 2.49. The Morgan fingerprint density at radius 1 is 1.60 bits per heavy atom. The SMILES string of the molecule is CC1CC2(F)CCCC2N1. The molecule has 1 saturated carbocycles. The van der Waals surface area contributed by atoms with Crippen LogP contribution in [0.3, 0.4) is 0 Å². The smallest absolute Gasteiger partial charge is 0.127 e. The molecule has 2 heteroatoms. The zero-order chi connectivity index (χ0) is 7.19. The Morgan fingerprint density at radius 2 is 2.40 bits per heavy atom. The third kappa shape index (κ3) is 0.782. The lowest BCUT2D eigenvalue weighted by Crippen LogP contribution is -2.33. The van der Waals surface area contributed by atoms with Crippen LogP contribution < -0.4 is 5.32 Å². The van der Waals surface area contributed by atoms with E-state index in [9.17, 15) is 4.39 Å². The van der Waals surface area contributed by atoms with E-state index in [2.05, 4.69) is 12.2 Å². The lowest BCUT2D eigenvalue weighted by Gasteiger charge is -2.16. The van der Waals surface area contributed by atoms with Gasteiger partial charge in [-0.15, -0.1) is 0 Å². The van der Waals surface area contributed by atoms with Crippen LogP contribution in [-0.4, -0.2) is 17.8 Å². The van der Waals surface area contributed by atoms with E-state index in [-0.39, 0.29) is 6.04 Å². The van der Waals surface area contributed by atoms with Gasteiger partial charge in [-0.25, -0.2) is 4.39 Å². The van der Waals surface area contributed by atoms with Gasteiger partial charge in [-0.2, -0.15) is 0 Å². The fraction of sp³-hybridized carbons (Fsp3) is 1.00. The molecule has 2 aliphatic rings. The Morgan fingerprint density at radius 3 is 3.10 bits per heavy atom. The van der Waals surface area contributed by atoms with Gasteiger partial charge in [0.1, 0.15) is 5.67 Å². The highest BCUT2D eigenvalue weighted by atomic mass is 19.1. The summed E-state index contributed by atoms with van der Waals surface area (Å²) in [5, 5.41) is 3.28. The van der Waals surface area contributed by atoms with Crippen LogP contribution in [0.5, 0.6) is 0 Å². The maximum absolute atomic E-state index is 13.7. The molecule has 3 atom stereocenters. The van der Waals surface area contributed by atoms with Crippen LogP contribution in [0, 0.1) is 0 Å². The first-order chi connectivity index (χ1) is 4.71. The highest BCUT2D eigenvalue weighted by molar-refractivity contribution is 5.05. The molecule has 1 N–H and O–H groups in total. The van der Waals surface area contributed by atoms with E-state index in [0.717, 1.165) is 25.7 Å². The zero-order valence-electron chi connectivity index (χ0n) is 6.36. The van der Waals surface area contributed by atoms with Crippen molar-refractivity contribution in [1.29, 1.82) is 0 Å². The standard InChI is InChI=1S/C8H14FN/c1-6-5-8(9)4-2-3-7(8)10-6/h6-7,10H,2-5H2,1H3. The maximum Gasteiger partial charge on any atom is 0.127 e. The van der Waals surface area contributed by atoms with Crippen molar-refractivity contribution in [2.24, 2.45) is 0 Å². The van der Waals surface area contributed by atoms with E-state index in [4.69, 9.17) is 0 Å². The van der Waals surface area contributed by atoms with Gasteiger partial charge < -0.3 is 5.32 Å². The molecule has 1 saturated heterocycles. The third-order valence-electron chi connectivity index (χ3n) is 2.84. The summed E-state index contributed by atoms with van der Waals surface area (Å²) in [7, 11) is 0. The number of halogens is 1. The second kappa shape index (κ2) is 1.94. The van der Waals surface area contributed by atoms with Crippen molar-refractivity contribution in [3.63, 3.8) is 0 Å². The molecule has 0 radical (unpaired) electrons. The molecule has 0 amide bonds. The summed E-state index contributed by atoms with van der Waals surface area (Å²) in [6, 6.07) is 0.581. The van der Waals surface area contributed by atoms with Crippen LogP contribution in [-0.2, 0) is 0 Å². The summed E-state index contributed by atoms with van der Waals surface area (Å²) in [5.74, 6) is 0. The van der Waals surface area contributed by atoms with Crippen LogP contribution in [0.25, 0.3) is 0 Å². The molecule has 2 rings (SSSR count). The number of nitrogens with one attached hydrogen (secondary N) is 1. The quantitative estimate of drug-likeness (QED) is 0.543. The number of alkyl halides is 1. The number of hydrogen-bond donors (Lipinski definition) is 1. The molecule has 58 valence electrons. The van der Waals surface area contributed by atoms with Gasteiger partial charge in [0.05, 0.1) is 0 Å². The van der Waals surface area contributed by atoms with Crippen molar-refractivity contribution in [1.82, 2.24) is 5.32 Å². The molecule has 2 fully saturated rings. The first-order valence-corrected chi connectivity index (χ1v) is 4.16. The maximum atomic E-state index is 13.7. The van der Waals surface area contributed by atoms with Gasteiger partial charge in [-0.1, -0.05) is 0 Å². The first-order valence-electron chi connectivity index (χ1n) is 4.16. The molecule has 1 nitrogen and oxygen atoms in total. The Bertz CT molecular complexity index is 148. The van der Waals surface area contributed by atoms with Gasteiger partial charge >= 0.3 is 0 Å². The summed E-state index contributed by atoms with van der Waals surface area (Å²) in [6.45, 7) is 2.07. The molecule has 1 aliphatic carbocycles. The molecule has 0 bridgehead atoms. The van der Waals surface area contributed by atoms with E-state index in [1.807, 2.05) is 0 Å². The van der Waals surface area contributed by atoms with Gasteiger partial charge in [0.25, 0.3) is 0 Å². The van der Waals surface area contributed by atoms with Gasteiger partial charge in [0, 0.05) is 12.1 Å². The average molecular weight is 143 g/mol. The summed E-state index contributed by atoms with van der Waals surface area (Å²) in [5.41, 5.74) is -0.834. The van der Waals surface area contributed by atoms with E-state index < -0.39 is 5.67 Å². The summed E-state index contributed by atoms with van der Waals surface area (Å²) in [6.07, 6.45) is 3.63. The van der Waals surface area contributed by atoms with Crippen molar-refractivity contribution in [2.75, 3.05) is 0 Å². The topological polar surface area (TPSA) is 12.0 Å². The molecular weight excluding hydrogens is 129 g/mol. The average Bonchev–Trinajstić information content (AvgIpc) is 2.20. The normalized spacial score (nSPS) is 53.4. The minimum Gasteiger partial charge on any atom is -0.308 e. The lowest BCUT2D eigenvalue weighted by molar-refractivity contribution is 0.167. The predicted molar refractivity (Wildman–Crippen MR) is 38.7 cm³/mol. The molecule has 1 heterocycles. The van der Waals surface area contributed by atoms with Crippen LogP contribution in [0.4, 0.5) is 4.39 Å². The zero-order valence-corrected chi connectivity index (χ0v) is 6.36. The minimum atomic E-state index is -0.834. The fourth-order valence-electron chi connectivity index (χ4n) is 2.42. The van der Waals surface area contributed by atoms with Crippen LogP contribution in [0.1, 0.15) is 32.6 Å². The number of fused-ring (bicyclic) bond motifs is 1. The van der Waals surface area contributed by atoms with Crippen molar-refractivity contribution in [3.05, 3.63) is 0 Å². The Hall–Kier alpha value is -0.110. The van der Waals surface area contributed by atoms with Gasteiger partial charge in [0.2, 0.25) is 0 Å². The first kappa shape index (κ1) is 6.59. The molecule has 1 aliphatic heterocycles. The van der Waals surface area contributed by atoms with Crippen LogP contribution in [0.15, 0.2) is 0 Å². The molecule has 0 aromatic rings. The van der Waals surface area contributed by atoms with Gasteiger partial charge in [0.15, 0.2) is 0 Å². The minimum absolute atomic E-state index is 0.183. The van der Waals surface area contributed by atoms with Crippen molar-refractivity contribution >= 4 is 0 Å². The number of hydrogen-bond acceptors (Lipinski definition) is 1. The van der Waals surface area contributed by atoms with E-state index in [1.165, 1.54) is 0 Å². The Labute approximate surface area is 61.0 Å². The summed E-state index contributed by atoms with van der Waals surface area (Å²) >= 11 is 0. The molecule has 0 aromatic carbocycles. The number of rotatable bonds is 0. The summed E-state index contributed by atoms with van der Waals surface area (Å²) < 4.78 is 13.7. The van der Waals surface area contributed by atoms with Crippen LogP contribution in [0.2, 0.25) is 0 Å². The molecule has 3 unspecified atom stereocenters. The Kier molecular flexibility index (Phi) is 1.28. The fourth-order valence-corrected chi connectivity index (χ4v) is 2.42. The second-order valence-electron chi connectivity index (χ2n) is 3.75. The van der Waals surface area contributed by atoms with Crippen molar-refractivity contribution in [2.45, 2.75) is 50.4 Å². The molecule has 0 spiro atoms. The van der Waals surface area contributed by atoms with E-state index >= 15 is 0 Å². The van der Waals surface area contributed by atoms with Gasteiger partial charge in [-0.3, -0.25) is 0 Å². The van der Waals surface area contributed by atoms with E-state index in [0.29, 0.717) is 6.04 Å². The monoisotopic (exact) mass is 143 g/mol. The largest absolute Gasteiger partial charge is 0.308 e. The predicted octanol–water partition coefficient (Wildman–Crippen LogP) is 1.63. The van der Waals surface area contributed by atoms with Crippen molar-refractivity contribution < 1.29 is 4.39 Å². The van der Waals surface area contributed by atoms with E-state index in [1.54, 1.807) is 0 Å². The molecular formula is C8H14FN. The van der Waals surface area contributed by atoms with Crippen LogP contribution >= 0.6 is 0 Å². The second-order valence-corrected chi connectivity index (χ2v) is 3.75. The van der Waals surface area contributed by atoms with Crippen molar-refractivity contribution in [3.8, 4) is 0 Å². The molecule has 10 heavy (non-hydrogen) atoms. The summed E-state index contributed by atoms with van der Waals surface area (Å²) in [4.78, 5) is 0. The molecule has 0 aromatic heterocycles. The van der Waals surface area contributed by atoms with Gasteiger partial charge in [-0.05, 0) is 32.6 Å². The lowest BCUT2D eigenvalue weighted by atomic mass is 9.99. The third-order valence-corrected chi connectivity index (χ3v) is 2.84.